The Morgan fingerprint density at radius 3 is 2.05 bits per heavy atom. The van der Waals surface area contributed by atoms with Crippen molar-refractivity contribution in [3.63, 3.8) is 0 Å². The maximum atomic E-state index is 13.3. The SMILES string of the molecule is COc1cc(O[C@@H]2O[C@H](CO)[C@@H](O)[C@H](O)[C@H]2O)c2c(=O)cc(-c3cc(OC)c(OC)c(OC)c3)oc2c1. The average molecular weight is 520 g/mol. The van der Waals surface area contributed by atoms with Crippen LogP contribution in [0.15, 0.2) is 39.5 Å². The molecule has 1 fully saturated rings. The summed E-state index contributed by atoms with van der Waals surface area (Å²) in [4.78, 5) is 13.3. The molecule has 4 N–H and O–H groups in total. The first kappa shape index (κ1) is 26.5. The zero-order chi connectivity index (χ0) is 26.9. The molecule has 1 saturated heterocycles. The van der Waals surface area contributed by atoms with Gasteiger partial charge in [-0.15, -0.1) is 0 Å². The summed E-state index contributed by atoms with van der Waals surface area (Å²) in [6.45, 7) is -0.635. The molecule has 0 amide bonds. The Labute approximate surface area is 211 Å². The largest absolute Gasteiger partial charge is 0.496 e. The third-order valence-electron chi connectivity index (χ3n) is 6.04. The number of methoxy groups -OCH3 is 4. The molecule has 0 saturated carbocycles. The zero-order valence-corrected chi connectivity index (χ0v) is 20.5. The second kappa shape index (κ2) is 10.8. The van der Waals surface area contributed by atoms with Crippen LogP contribution in [-0.2, 0) is 4.74 Å². The number of ether oxygens (including phenoxy) is 6. The lowest BCUT2D eigenvalue weighted by molar-refractivity contribution is -0.277. The van der Waals surface area contributed by atoms with Crippen LogP contribution in [0.25, 0.3) is 22.3 Å². The quantitative estimate of drug-likeness (QED) is 0.328. The van der Waals surface area contributed by atoms with Gasteiger partial charge in [0.15, 0.2) is 16.9 Å². The van der Waals surface area contributed by atoms with E-state index in [1.807, 2.05) is 0 Å². The third-order valence-corrected chi connectivity index (χ3v) is 6.04. The minimum absolute atomic E-state index is 0.00829. The fourth-order valence-electron chi connectivity index (χ4n) is 4.09. The number of aliphatic hydroxyl groups excluding tert-OH is 4. The number of fused-ring (bicyclic) bond motifs is 1. The molecule has 1 aliphatic rings. The van der Waals surface area contributed by atoms with Crippen LogP contribution in [0.1, 0.15) is 0 Å². The molecular formula is C25H28O12. The summed E-state index contributed by atoms with van der Waals surface area (Å²) in [6.07, 6.45) is -7.60. The number of rotatable bonds is 8. The van der Waals surface area contributed by atoms with E-state index in [4.69, 9.17) is 32.8 Å². The molecule has 0 aliphatic carbocycles. The van der Waals surface area contributed by atoms with Gasteiger partial charge in [-0.2, -0.15) is 0 Å². The number of aliphatic hydroxyl groups is 4. The molecule has 5 atom stereocenters. The van der Waals surface area contributed by atoms with Crippen molar-refractivity contribution in [1.29, 1.82) is 0 Å². The molecule has 4 rings (SSSR count). The van der Waals surface area contributed by atoms with Gasteiger partial charge in [-0.05, 0) is 12.1 Å². The molecule has 0 spiro atoms. The van der Waals surface area contributed by atoms with Gasteiger partial charge < -0.3 is 53.3 Å². The smallest absolute Gasteiger partial charge is 0.229 e. The van der Waals surface area contributed by atoms with Crippen LogP contribution < -0.4 is 29.1 Å². The van der Waals surface area contributed by atoms with Crippen molar-refractivity contribution < 1.29 is 53.3 Å². The van der Waals surface area contributed by atoms with Gasteiger partial charge in [0, 0.05) is 23.8 Å². The van der Waals surface area contributed by atoms with Crippen LogP contribution in [-0.4, -0.2) is 86.2 Å². The van der Waals surface area contributed by atoms with Crippen molar-refractivity contribution >= 4 is 11.0 Å². The van der Waals surface area contributed by atoms with Gasteiger partial charge in [-0.1, -0.05) is 0 Å². The summed E-state index contributed by atoms with van der Waals surface area (Å²) in [7, 11) is 5.80. The predicted octanol–water partition coefficient (Wildman–Crippen LogP) is 0.673. The topological polar surface area (TPSA) is 167 Å². The molecule has 2 aromatic carbocycles. The third kappa shape index (κ3) is 4.89. The molecule has 2 heterocycles. The van der Waals surface area contributed by atoms with Crippen LogP contribution >= 0.6 is 0 Å². The normalized spacial score (nSPS) is 23.5. The first-order valence-corrected chi connectivity index (χ1v) is 11.2. The van der Waals surface area contributed by atoms with Gasteiger partial charge in [-0.3, -0.25) is 4.79 Å². The lowest BCUT2D eigenvalue weighted by atomic mass is 9.99. The first-order valence-electron chi connectivity index (χ1n) is 11.2. The lowest BCUT2D eigenvalue weighted by Crippen LogP contribution is -2.60. The van der Waals surface area contributed by atoms with Crippen LogP contribution in [0.4, 0.5) is 0 Å². The molecule has 37 heavy (non-hydrogen) atoms. The Hall–Kier alpha value is -3.55. The van der Waals surface area contributed by atoms with Gasteiger partial charge in [0.1, 0.15) is 52.6 Å². The van der Waals surface area contributed by atoms with Crippen molar-refractivity contribution in [2.45, 2.75) is 30.7 Å². The van der Waals surface area contributed by atoms with Gasteiger partial charge in [0.2, 0.25) is 12.0 Å². The highest BCUT2D eigenvalue weighted by molar-refractivity contribution is 5.86. The summed E-state index contributed by atoms with van der Waals surface area (Å²) in [5, 5.41) is 40.0. The van der Waals surface area contributed by atoms with E-state index in [2.05, 4.69) is 0 Å². The van der Waals surface area contributed by atoms with Crippen LogP contribution in [0.2, 0.25) is 0 Å². The summed E-state index contributed by atoms with van der Waals surface area (Å²) in [6, 6.07) is 7.36. The van der Waals surface area contributed by atoms with Crippen LogP contribution in [0, 0.1) is 0 Å². The monoisotopic (exact) mass is 520 g/mol. The highest BCUT2D eigenvalue weighted by atomic mass is 16.7. The minimum atomic E-state index is -1.68. The van der Waals surface area contributed by atoms with Gasteiger partial charge in [0.25, 0.3) is 0 Å². The van der Waals surface area contributed by atoms with Crippen molar-refractivity contribution in [3.8, 4) is 40.1 Å². The standard InChI is InChI=1S/C25H28O12/c1-31-12-7-15-20(16(8-12)36-25-23(30)22(29)21(28)19(10-26)37-25)13(27)9-14(35-15)11-5-17(32-2)24(34-4)18(6-11)33-3/h5-9,19,21-23,25-26,28-30H,10H2,1-4H3/t19-,21-,22+,23-,25-/m1/s1. The average Bonchev–Trinajstić information content (AvgIpc) is 2.91. The van der Waals surface area contributed by atoms with Crippen LogP contribution in [0.5, 0.6) is 28.7 Å². The molecular weight excluding hydrogens is 492 g/mol. The number of hydrogen-bond acceptors (Lipinski definition) is 12. The van der Waals surface area contributed by atoms with E-state index in [9.17, 15) is 25.2 Å². The summed E-state index contributed by atoms with van der Waals surface area (Å²) < 4.78 is 38.6. The Balaban J connectivity index is 1.81. The van der Waals surface area contributed by atoms with Crippen LogP contribution in [0.3, 0.4) is 0 Å². The maximum absolute atomic E-state index is 13.3. The van der Waals surface area contributed by atoms with E-state index < -0.39 is 42.7 Å². The van der Waals surface area contributed by atoms with E-state index in [0.29, 0.717) is 22.8 Å². The minimum Gasteiger partial charge on any atom is -0.496 e. The Morgan fingerprint density at radius 2 is 1.49 bits per heavy atom. The van der Waals surface area contributed by atoms with Gasteiger partial charge >= 0.3 is 0 Å². The fourth-order valence-corrected chi connectivity index (χ4v) is 4.09. The molecule has 200 valence electrons. The molecule has 1 aromatic heterocycles. The summed E-state index contributed by atoms with van der Waals surface area (Å²) in [5.74, 6) is 1.47. The van der Waals surface area contributed by atoms with E-state index in [1.165, 1.54) is 46.6 Å². The Kier molecular flexibility index (Phi) is 7.76. The Morgan fingerprint density at radius 1 is 0.811 bits per heavy atom. The second-order valence-electron chi connectivity index (χ2n) is 8.20. The highest BCUT2D eigenvalue weighted by Crippen LogP contribution is 2.42. The van der Waals surface area contributed by atoms with Gasteiger partial charge in [-0.25, -0.2) is 0 Å². The van der Waals surface area contributed by atoms with Gasteiger partial charge in [0.05, 0.1) is 35.0 Å². The highest BCUT2D eigenvalue weighted by Gasteiger charge is 2.45. The maximum Gasteiger partial charge on any atom is 0.229 e. The molecule has 0 unspecified atom stereocenters. The van der Waals surface area contributed by atoms with Crippen molar-refractivity contribution in [2.75, 3.05) is 35.0 Å². The number of benzene rings is 2. The van der Waals surface area contributed by atoms with Crippen molar-refractivity contribution in [3.05, 3.63) is 40.6 Å². The molecule has 12 nitrogen and oxygen atoms in total. The fraction of sp³-hybridized carbons (Fsp3) is 0.400. The molecule has 0 bridgehead atoms. The molecule has 12 heteroatoms. The number of hydrogen-bond donors (Lipinski definition) is 4. The lowest BCUT2D eigenvalue weighted by Gasteiger charge is -2.39. The van der Waals surface area contributed by atoms with E-state index in [0.717, 1.165) is 0 Å². The molecule has 0 radical (unpaired) electrons. The summed E-state index contributed by atoms with van der Waals surface area (Å²) >= 11 is 0. The van der Waals surface area contributed by atoms with Crippen molar-refractivity contribution in [2.24, 2.45) is 0 Å². The predicted molar refractivity (Wildman–Crippen MR) is 129 cm³/mol. The summed E-state index contributed by atoms with van der Waals surface area (Å²) in [5.41, 5.74) is 0.0650. The zero-order valence-electron chi connectivity index (χ0n) is 20.5. The van der Waals surface area contributed by atoms with E-state index >= 15 is 0 Å². The van der Waals surface area contributed by atoms with E-state index in [-0.39, 0.29) is 28.2 Å². The second-order valence-corrected chi connectivity index (χ2v) is 8.20. The Bertz CT molecular complexity index is 1290. The molecule has 3 aromatic rings. The van der Waals surface area contributed by atoms with Crippen molar-refractivity contribution in [1.82, 2.24) is 0 Å². The molecule has 1 aliphatic heterocycles. The first-order chi connectivity index (χ1) is 17.8. The van der Waals surface area contributed by atoms with E-state index in [1.54, 1.807) is 12.1 Å².